The zero-order chi connectivity index (χ0) is 18.3. The fourth-order valence-corrected chi connectivity index (χ4v) is 2.66. The molecule has 0 atom stereocenters. The van der Waals surface area contributed by atoms with E-state index in [1.807, 2.05) is 6.07 Å². The molecule has 0 saturated carbocycles. The molecule has 0 radical (unpaired) electrons. The van der Waals surface area contributed by atoms with Crippen LogP contribution in [0.25, 0.3) is 33.6 Å². The normalized spacial score (nSPS) is 11.6. The molecule has 0 saturated heterocycles. The van der Waals surface area contributed by atoms with Gasteiger partial charge in [0.2, 0.25) is 0 Å². The molecule has 0 spiro atoms. The van der Waals surface area contributed by atoms with E-state index in [1.54, 1.807) is 24.3 Å². The van der Waals surface area contributed by atoms with Gasteiger partial charge in [0.1, 0.15) is 11.7 Å². The number of fused-ring (bicyclic) bond motifs is 1. The van der Waals surface area contributed by atoms with Gasteiger partial charge in [0.05, 0.1) is 5.56 Å². The fourth-order valence-electron chi connectivity index (χ4n) is 2.66. The summed E-state index contributed by atoms with van der Waals surface area (Å²) in [6.07, 6.45) is -4.37. The number of H-pyrrole nitrogens is 1. The number of nitriles is 1. The van der Waals surface area contributed by atoms with Crippen molar-refractivity contribution in [2.24, 2.45) is 0 Å². The molecular weight excluding hydrogens is 345 g/mol. The number of aromatic amines is 1. The minimum atomic E-state index is -4.37. The molecule has 2 aromatic heterocycles. The molecule has 1 N–H and O–H groups in total. The molecule has 0 unspecified atom stereocenters. The third-order valence-corrected chi connectivity index (χ3v) is 3.96. The van der Waals surface area contributed by atoms with Crippen LogP contribution in [0.4, 0.5) is 13.2 Å². The highest BCUT2D eigenvalue weighted by Gasteiger charge is 2.30. The largest absolute Gasteiger partial charge is 0.454 e. The predicted octanol–water partition coefficient (Wildman–Crippen LogP) is 4.78. The lowest BCUT2D eigenvalue weighted by molar-refractivity contribution is -0.137. The number of hydrogen-bond donors (Lipinski definition) is 1. The van der Waals surface area contributed by atoms with Crippen molar-refractivity contribution >= 4 is 11.0 Å². The molecule has 0 bridgehead atoms. The predicted molar refractivity (Wildman–Crippen MR) is 86.7 cm³/mol. The maximum absolute atomic E-state index is 12.7. The van der Waals surface area contributed by atoms with Crippen LogP contribution in [-0.2, 0) is 6.18 Å². The molecule has 4 aromatic rings. The van der Waals surface area contributed by atoms with Crippen LogP contribution in [0.3, 0.4) is 0 Å². The maximum atomic E-state index is 12.7. The molecule has 0 amide bonds. The van der Waals surface area contributed by atoms with Crippen LogP contribution in [0, 0.1) is 11.3 Å². The van der Waals surface area contributed by atoms with Gasteiger partial charge in [0.15, 0.2) is 17.1 Å². The third-order valence-electron chi connectivity index (χ3n) is 3.96. The lowest BCUT2D eigenvalue weighted by Crippen LogP contribution is -2.03. The van der Waals surface area contributed by atoms with Crippen LogP contribution in [0.2, 0.25) is 0 Å². The summed E-state index contributed by atoms with van der Waals surface area (Å²) in [7, 11) is 0. The van der Waals surface area contributed by atoms with Crippen LogP contribution in [0.5, 0.6) is 0 Å². The van der Waals surface area contributed by atoms with Crippen molar-refractivity contribution in [3.8, 4) is 28.7 Å². The third kappa shape index (κ3) is 2.69. The number of alkyl halides is 3. The minimum absolute atomic E-state index is 0.187. The highest BCUT2D eigenvalue weighted by molar-refractivity contribution is 5.87. The van der Waals surface area contributed by atoms with Crippen LogP contribution in [0.15, 0.2) is 52.9 Å². The van der Waals surface area contributed by atoms with Crippen molar-refractivity contribution < 1.29 is 17.6 Å². The van der Waals surface area contributed by atoms with E-state index in [4.69, 9.17) is 9.68 Å². The molecule has 0 aliphatic carbocycles. The van der Waals surface area contributed by atoms with E-state index in [9.17, 15) is 13.2 Å². The number of furan rings is 1. The summed E-state index contributed by atoms with van der Waals surface area (Å²) in [6.45, 7) is 0. The Bertz CT molecular complexity index is 1130. The fraction of sp³-hybridized carbons (Fsp3) is 0.0556. The minimum Gasteiger partial charge on any atom is -0.454 e. The van der Waals surface area contributed by atoms with E-state index < -0.39 is 11.7 Å². The smallest absolute Gasteiger partial charge is 0.416 e. The second kappa shape index (κ2) is 5.74. The lowest BCUT2D eigenvalue weighted by atomic mass is 10.0. The van der Waals surface area contributed by atoms with E-state index in [2.05, 4.69) is 15.4 Å². The maximum Gasteiger partial charge on any atom is 0.416 e. The lowest BCUT2D eigenvalue weighted by Gasteiger charge is -2.07. The van der Waals surface area contributed by atoms with Crippen molar-refractivity contribution in [2.75, 3.05) is 0 Å². The van der Waals surface area contributed by atoms with Gasteiger partial charge in [0.25, 0.3) is 0 Å². The average molecular weight is 354 g/mol. The van der Waals surface area contributed by atoms with Crippen molar-refractivity contribution in [3.63, 3.8) is 0 Å². The molecule has 2 aromatic carbocycles. The van der Waals surface area contributed by atoms with E-state index >= 15 is 0 Å². The highest BCUT2D eigenvalue weighted by Crippen LogP contribution is 2.33. The van der Waals surface area contributed by atoms with Gasteiger partial charge in [-0.2, -0.15) is 18.4 Å². The molecule has 0 aliphatic heterocycles. The summed E-state index contributed by atoms with van der Waals surface area (Å²) < 4.78 is 43.8. The van der Waals surface area contributed by atoms with Crippen LogP contribution in [-0.4, -0.2) is 15.4 Å². The summed E-state index contributed by atoms with van der Waals surface area (Å²) in [5, 5.41) is 19.7. The Morgan fingerprint density at radius 2 is 1.73 bits per heavy atom. The second-order valence-electron chi connectivity index (χ2n) is 5.59. The number of hydrogen-bond acceptors (Lipinski definition) is 4. The van der Waals surface area contributed by atoms with Gasteiger partial charge >= 0.3 is 6.18 Å². The number of halogens is 3. The van der Waals surface area contributed by atoms with Gasteiger partial charge in [-0.25, -0.2) is 5.10 Å². The number of rotatable bonds is 2. The topological polar surface area (TPSA) is 78.5 Å². The van der Waals surface area contributed by atoms with Crippen LogP contribution < -0.4 is 0 Å². The molecule has 128 valence electrons. The SMILES string of the molecule is N#Cc1[nH]nnc1-c1cc2ccc(-c3ccc(C(F)(F)F)cc3)cc2o1. The number of nitrogens with zero attached hydrogens (tertiary/aromatic N) is 3. The van der Waals surface area contributed by atoms with Gasteiger partial charge in [0, 0.05) is 5.39 Å². The quantitative estimate of drug-likeness (QED) is 0.562. The van der Waals surface area contributed by atoms with E-state index in [1.165, 1.54) is 12.1 Å². The Morgan fingerprint density at radius 1 is 1.00 bits per heavy atom. The first-order valence-electron chi connectivity index (χ1n) is 7.48. The first kappa shape index (κ1) is 15.9. The van der Waals surface area contributed by atoms with Gasteiger partial charge in [-0.15, -0.1) is 5.10 Å². The zero-order valence-electron chi connectivity index (χ0n) is 13.0. The van der Waals surface area contributed by atoms with Crippen LogP contribution >= 0.6 is 0 Å². The van der Waals surface area contributed by atoms with Crippen molar-refractivity contribution in [3.05, 3.63) is 59.8 Å². The molecule has 2 heterocycles. The summed E-state index contributed by atoms with van der Waals surface area (Å²) in [6, 6.07) is 13.9. The molecular formula is C18H9F3N4O. The van der Waals surface area contributed by atoms with Crippen molar-refractivity contribution in [1.82, 2.24) is 15.4 Å². The summed E-state index contributed by atoms with van der Waals surface area (Å²) in [5.74, 6) is 0.384. The van der Waals surface area contributed by atoms with Gasteiger partial charge in [-0.3, -0.25) is 0 Å². The Hall–Kier alpha value is -3.60. The molecule has 26 heavy (non-hydrogen) atoms. The Labute approximate surface area is 144 Å². The summed E-state index contributed by atoms with van der Waals surface area (Å²) >= 11 is 0. The Morgan fingerprint density at radius 3 is 2.42 bits per heavy atom. The van der Waals surface area contributed by atoms with Gasteiger partial charge in [-0.1, -0.05) is 29.5 Å². The number of aromatic nitrogens is 3. The Kier molecular flexibility index (Phi) is 3.51. The van der Waals surface area contributed by atoms with Crippen molar-refractivity contribution in [2.45, 2.75) is 6.18 Å². The first-order valence-corrected chi connectivity index (χ1v) is 7.48. The monoisotopic (exact) mass is 354 g/mol. The molecule has 0 fully saturated rings. The summed E-state index contributed by atoms with van der Waals surface area (Å²) in [5.41, 5.74) is 1.68. The molecule has 8 heteroatoms. The average Bonchev–Trinajstić information content (AvgIpc) is 3.26. The second-order valence-corrected chi connectivity index (χ2v) is 5.59. The van der Waals surface area contributed by atoms with Crippen molar-refractivity contribution in [1.29, 1.82) is 5.26 Å². The Balaban J connectivity index is 1.73. The number of benzene rings is 2. The van der Waals surface area contributed by atoms with E-state index in [0.717, 1.165) is 17.5 Å². The van der Waals surface area contributed by atoms with Crippen LogP contribution in [0.1, 0.15) is 11.3 Å². The van der Waals surface area contributed by atoms with E-state index in [0.29, 0.717) is 28.2 Å². The summed E-state index contributed by atoms with van der Waals surface area (Å²) in [4.78, 5) is 0. The van der Waals surface area contributed by atoms with E-state index in [-0.39, 0.29) is 5.69 Å². The first-order chi connectivity index (χ1) is 12.5. The highest BCUT2D eigenvalue weighted by atomic mass is 19.4. The number of nitrogens with one attached hydrogen (secondary N) is 1. The molecule has 4 rings (SSSR count). The molecule has 5 nitrogen and oxygen atoms in total. The standard InChI is InChI=1S/C18H9F3N4O/c19-18(20,21)13-5-3-10(4-6-13)11-1-2-12-8-16(26-15(12)7-11)17-14(9-22)23-25-24-17/h1-8H,(H,23,24,25). The zero-order valence-corrected chi connectivity index (χ0v) is 13.0. The van der Waals surface area contributed by atoms with Gasteiger partial charge < -0.3 is 4.42 Å². The molecule has 0 aliphatic rings. The van der Waals surface area contributed by atoms with Gasteiger partial charge in [-0.05, 0) is 35.4 Å².